The normalized spacial score (nSPS) is 38.3. The van der Waals surface area contributed by atoms with E-state index in [0.29, 0.717) is 0 Å². The van der Waals surface area contributed by atoms with E-state index in [9.17, 15) is 0 Å². The van der Waals surface area contributed by atoms with Gasteiger partial charge in [0.1, 0.15) is 0 Å². The van der Waals surface area contributed by atoms with E-state index in [0.717, 1.165) is 17.3 Å². The van der Waals surface area contributed by atoms with E-state index in [1.807, 2.05) is 0 Å². The molecule has 0 spiro atoms. The molecule has 2 bridgehead atoms. The molecule has 0 aliphatic heterocycles. The third-order valence-corrected chi connectivity index (χ3v) is 4.84. The maximum absolute atomic E-state index is 2.50. The lowest BCUT2D eigenvalue weighted by molar-refractivity contribution is 0.174. The van der Waals surface area contributed by atoms with E-state index >= 15 is 0 Å². The molecule has 0 saturated heterocycles. The zero-order chi connectivity index (χ0) is 10.0. The van der Waals surface area contributed by atoms with Gasteiger partial charge in [-0.2, -0.15) is 0 Å². The molecule has 80 valence electrons. The van der Waals surface area contributed by atoms with Crippen LogP contribution in [0.2, 0.25) is 0 Å². The van der Waals surface area contributed by atoms with Crippen molar-refractivity contribution >= 4 is 0 Å². The molecule has 0 aromatic heterocycles. The first-order chi connectivity index (χ1) is 6.77. The highest BCUT2D eigenvalue weighted by atomic mass is 14.5. The topological polar surface area (TPSA) is 0 Å². The van der Waals surface area contributed by atoms with Gasteiger partial charge in [-0.1, -0.05) is 19.1 Å². The molecule has 0 aromatic rings. The molecule has 0 aromatic carbocycles. The van der Waals surface area contributed by atoms with Gasteiger partial charge < -0.3 is 0 Å². The molecule has 0 heteroatoms. The maximum atomic E-state index is 2.50. The van der Waals surface area contributed by atoms with Gasteiger partial charge in [0.25, 0.3) is 0 Å². The summed E-state index contributed by atoms with van der Waals surface area (Å²) in [6.45, 7) is 4.63. The average Bonchev–Trinajstić information content (AvgIpc) is 2.78. The summed E-state index contributed by atoms with van der Waals surface area (Å²) in [6, 6.07) is 0. The third kappa shape index (κ3) is 1.76. The van der Waals surface area contributed by atoms with Crippen molar-refractivity contribution < 1.29 is 0 Å². The molecule has 0 N–H and O–H groups in total. The summed E-state index contributed by atoms with van der Waals surface area (Å²) in [6.07, 6.45) is 14.9. The summed E-state index contributed by atoms with van der Waals surface area (Å²) in [4.78, 5) is 0. The van der Waals surface area contributed by atoms with E-state index in [-0.39, 0.29) is 0 Å². The summed E-state index contributed by atoms with van der Waals surface area (Å²) in [5.74, 6) is 2.07. The van der Waals surface area contributed by atoms with Crippen molar-refractivity contribution in [3.63, 3.8) is 0 Å². The van der Waals surface area contributed by atoms with Gasteiger partial charge >= 0.3 is 0 Å². The van der Waals surface area contributed by atoms with Crippen molar-refractivity contribution in [1.82, 2.24) is 0 Å². The van der Waals surface area contributed by atoms with Crippen LogP contribution < -0.4 is 0 Å². The molecular weight excluding hydrogens is 168 g/mol. The Balaban J connectivity index is 1.87. The molecule has 2 rings (SSSR count). The SMILES string of the molecule is C/C=C/CCC(C)C12CCC(CC1)C2. The second kappa shape index (κ2) is 4.08. The van der Waals surface area contributed by atoms with Gasteiger partial charge in [-0.25, -0.2) is 0 Å². The van der Waals surface area contributed by atoms with Crippen molar-refractivity contribution in [2.45, 2.75) is 58.8 Å². The molecule has 1 unspecified atom stereocenters. The Kier molecular flexibility index (Phi) is 2.99. The van der Waals surface area contributed by atoms with Crippen molar-refractivity contribution in [1.29, 1.82) is 0 Å². The van der Waals surface area contributed by atoms with Crippen LogP contribution in [0.5, 0.6) is 0 Å². The zero-order valence-electron chi connectivity index (χ0n) is 9.76. The van der Waals surface area contributed by atoms with Crippen LogP contribution >= 0.6 is 0 Å². The van der Waals surface area contributed by atoms with Gasteiger partial charge in [0.15, 0.2) is 0 Å². The van der Waals surface area contributed by atoms with Crippen LogP contribution in [0.3, 0.4) is 0 Å². The predicted molar refractivity (Wildman–Crippen MR) is 62.2 cm³/mol. The summed E-state index contributed by atoms with van der Waals surface area (Å²) < 4.78 is 0. The minimum absolute atomic E-state index is 0.784. The standard InChI is InChI=1S/C14H24/c1-3-4-5-6-12(2)14-9-7-13(11-14)8-10-14/h3-4,12-13H,5-11H2,1-2H3/b4-3+. The first-order valence-corrected chi connectivity index (χ1v) is 6.38. The fourth-order valence-corrected chi connectivity index (χ4v) is 3.75. The second-order valence-electron chi connectivity index (χ2n) is 5.56. The van der Waals surface area contributed by atoms with Crippen LogP contribution in [0.25, 0.3) is 0 Å². The molecule has 0 radical (unpaired) electrons. The largest absolute Gasteiger partial charge is 0.0917 e. The lowest BCUT2D eigenvalue weighted by Crippen LogP contribution is -2.23. The van der Waals surface area contributed by atoms with Crippen LogP contribution in [0.15, 0.2) is 12.2 Å². The Morgan fingerprint density at radius 1 is 1.36 bits per heavy atom. The lowest BCUT2D eigenvalue weighted by Gasteiger charge is -2.33. The highest BCUT2D eigenvalue weighted by molar-refractivity contribution is 4.98. The number of rotatable bonds is 4. The Morgan fingerprint density at radius 2 is 2.07 bits per heavy atom. The van der Waals surface area contributed by atoms with E-state index in [1.165, 1.54) is 38.5 Å². The average molecular weight is 192 g/mol. The monoisotopic (exact) mass is 192 g/mol. The van der Waals surface area contributed by atoms with Gasteiger partial charge in [-0.3, -0.25) is 0 Å². The predicted octanol–water partition coefficient (Wildman–Crippen LogP) is 4.56. The Hall–Kier alpha value is -0.260. The fraction of sp³-hybridized carbons (Fsp3) is 0.857. The zero-order valence-corrected chi connectivity index (χ0v) is 9.76. The molecule has 2 aliphatic carbocycles. The van der Waals surface area contributed by atoms with Crippen LogP contribution in [0.4, 0.5) is 0 Å². The van der Waals surface area contributed by atoms with E-state index in [4.69, 9.17) is 0 Å². The second-order valence-corrected chi connectivity index (χ2v) is 5.56. The minimum atomic E-state index is 0.784. The maximum Gasteiger partial charge on any atom is -0.0269 e. The summed E-state index contributed by atoms with van der Waals surface area (Å²) in [5.41, 5.74) is 0.784. The van der Waals surface area contributed by atoms with E-state index < -0.39 is 0 Å². The van der Waals surface area contributed by atoms with Gasteiger partial charge in [-0.15, -0.1) is 0 Å². The molecule has 0 amide bonds. The third-order valence-electron chi connectivity index (χ3n) is 4.84. The van der Waals surface area contributed by atoms with Crippen molar-refractivity contribution in [2.24, 2.45) is 17.3 Å². The quantitative estimate of drug-likeness (QED) is 0.573. The molecule has 2 saturated carbocycles. The molecule has 0 heterocycles. The smallest absolute Gasteiger partial charge is 0.0269 e. The Bertz CT molecular complexity index is 206. The van der Waals surface area contributed by atoms with Crippen molar-refractivity contribution in [3.8, 4) is 0 Å². The molecule has 0 nitrogen and oxygen atoms in total. The van der Waals surface area contributed by atoms with Gasteiger partial charge in [0.2, 0.25) is 0 Å². The van der Waals surface area contributed by atoms with E-state index in [1.54, 1.807) is 6.42 Å². The number of hydrogen-bond acceptors (Lipinski definition) is 0. The first-order valence-electron chi connectivity index (χ1n) is 6.38. The molecule has 2 aliphatic rings. The number of allylic oxidation sites excluding steroid dienone is 2. The van der Waals surface area contributed by atoms with Crippen molar-refractivity contribution in [3.05, 3.63) is 12.2 Å². The lowest BCUT2D eigenvalue weighted by atomic mass is 9.72. The van der Waals surface area contributed by atoms with E-state index in [2.05, 4.69) is 26.0 Å². The minimum Gasteiger partial charge on any atom is -0.0917 e. The highest BCUT2D eigenvalue weighted by Crippen LogP contribution is 2.58. The van der Waals surface area contributed by atoms with Crippen LogP contribution in [0.1, 0.15) is 58.8 Å². The van der Waals surface area contributed by atoms with Crippen molar-refractivity contribution in [2.75, 3.05) is 0 Å². The summed E-state index contributed by atoms with van der Waals surface area (Å²) in [7, 11) is 0. The van der Waals surface area contributed by atoms with Gasteiger partial charge in [-0.05, 0) is 69.1 Å². The summed E-state index contributed by atoms with van der Waals surface area (Å²) in [5, 5.41) is 0. The van der Waals surface area contributed by atoms with Crippen LogP contribution in [0, 0.1) is 17.3 Å². The Labute approximate surface area is 88.8 Å². The fourth-order valence-electron chi connectivity index (χ4n) is 3.75. The number of hydrogen-bond donors (Lipinski definition) is 0. The van der Waals surface area contributed by atoms with Crippen LogP contribution in [-0.4, -0.2) is 0 Å². The number of fused-ring (bicyclic) bond motifs is 2. The molecule has 14 heavy (non-hydrogen) atoms. The first kappa shape index (κ1) is 10.3. The van der Waals surface area contributed by atoms with Gasteiger partial charge in [0.05, 0.1) is 0 Å². The van der Waals surface area contributed by atoms with Gasteiger partial charge in [0, 0.05) is 0 Å². The molecule has 1 atom stereocenters. The molecule has 2 fully saturated rings. The summed E-state index contributed by atoms with van der Waals surface area (Å²) >= 11 is 0. The highest BCUT2D eigenvalue weighted by Gasteiger charge is 2.47. The Morgan fingerprint density at radius 3 is 2.57 bits per heavy atom. The molecular formula is C14H24. The van der Waals surface area contributed by atoms with Crippen LogP contribution in [-0.2, 0) is 0 Å².